The second kappa shape index (κ2) is 10.2. The summed E-state index contributed by atoms with van der Waals surface area (Å²) in [6.07, 6.45) is -5.05. The topological polar surface area (TPSA) is 96.5 Å². The Morgan fingerprint density at radius 2 is 1.38 bits per heavy atom. The molecule has 3 amide bonds. The molecule has 0 spiro atoms. The Labute approximate surface area is 183 Å². The van der Waals surface area contributed by atoms with Crippen LogP contribution >= 0.6 is 0 Å². The first-order valence-electron chi connectivity index (χ1n) is 9.69. The number of anilines is 2. The van der Waals surface area contributed by atoms with E-state index in [-0.39, 0.29) is 24.4 Å². The Hall–Kier alpha value is -3.56. The molecule has 0 heterocycles. The number of hydrogen-bond donors (Lipinski definition) is 3. The highest BCUT2D eigenvalue weighted by Crippen LogP contribution is 2.29. The van der Waals surface area contributed by atoms with Gasteiger partial charge in [0.05, 0.1) is 5.56 Å². The Bertz CT molecular complexity index is 950. The molecule has 0 atom stereocenters. The maximum absolute atomic E-state index is 12.6. The zero-order chi connectivity index (χ0) is 23.9. The van der Waals surface area contributed by atoms with E-state index in [1.165, 1.54) is 12.1 Å². The van der Waals surface area contributed by atoms with Crippen molar-refractivity contribution >= 4 is 29.3 Å². The van der Waals surface area contributed by atoms with Gasteiger partial charge in [0.15, 0.2) is 0 Å². The maximum Gasteiger partial charge on any atom is 0.416 e. The van der Waals surface area contributed by atoms with Crippen molar-refractivity contribution in [1.82, 2.24) is 5.32 Å². The number of carbonyl (C=O) groups is 3. The molecule has 0 saturated heterocycles. The highest BCUT2D eigenvalue weighted by molar-refractivity contribution is 6.04. The summed E-state index contributed by atoms with van der Waals surface area (Å²) in [7, 11) is 0. The van der Waals surface area contributed by atoms with Crippen LogP contribution < -0.4 is 16.0 Å². The molecule has 32 heavy (non-hydrogen) atoms. The van der Waals surface area contributed by atoms with E-state index in [4.69, 9.17) is 4.74 Å². The van der Waals surface area contributed by atoms with Gasteiger partial charge in [-0.2, -0.15) is 13.2 Å². The van der Waals surface area contributed by atoms with E-state index >= 15 is 0 Å². The van der Waals surface area contributed by atoms with Crippen molar-refractivity contribution < 1.29 is 32.3 Å². The van der Waals surface area contributed by atoms with Crippen LogP contribution in [0.1, 0.15) is 43.1 Å². The van der Waals surface area contributed by atoms with Crippen molar-refractivity contribution in [2.45, 2.75) is 39.0 Å². The summed E-state index contributed by atoms with van der Waals surface area (Å²) >= 11 is 0. The third-order valence-corrected chi connectivity index (χ3v) is 3.92. The largest absolute Gasteiger partial charge is 0.444 e. The number of alkyl carbamates (subject to hydrolysis) is 1. The second-order valence-electron chi connectivity index (χ2n) is 7.83. The first-order chi connectivity index (χ1) is 14.8. The predicted molar refractivity (Wildman–Crippen MR) is 113 cm³/mol. The minimum absolute atomic E-state index is 0.0334. The standard InChI is InChI=1S/C22H24F3N3O4/c1-21(2,3)32-20(31)26-13-12-18(29)27-16-8-10-17(11-9-16)28-19(30)14-4-6-15(7-5-14)22(23,24)25/h4-11H,12-13H2,1-3H3,(H,26,31)(H,27,29)(H,28,30). The lowest BCUT2D eigenvalue weighted by molar-refractivity contribution is -0.137. The molecule has 0 bridgehead atoms. The zero-order valence-corrected chi connectivity index (χ0v) is 17.8. The lowest BCUT2D eigenvalue weighted by atomic mass is 10.1. The number of benzene rings is 2. The van der Waals surface area contributed by atoms with E-state index in [1.807, 2.05) is 0 Å². The predicted octanol–water partition coefficient (Wildman–Crippen LogP) is 4.81. The number of amides is 3. The smallest absolute Gasteiger partial charge is 0.416 e. The van der Waals surface area contributed by atoms with Crippen LogP contribution in [0.5, 0.6) is 0 Å². The summed E-state index contributed by atoms with van der Waals surface area (Å²) in [6, 6.07) is 10.1. The molecule has 0 radical (unpaired) electrons. The molecular formula is C22H24F3N3O4. The average Bonchev–Trinajstić information content (AvgIpc) is 2.67. The van der Waals surface area contributed by atoms with E-state index < -0.39 is 29.3 Å². The normalized spacial score (nSPS) is 11.4. The molecule has 2 rings (SSSR count). The van der Waals surface area contributed by atoms with Crippen molar-refractivity contribution in [2.75, 3.05) is 17.2 Å². The monoisotopic (exact) mass is 451 g/mol. The van der Waals surface area contributed by atoms with Crippen molar-refractivity contribution in [3.63, 3.8) is 0 Å². The molecule has 2 aromatic rings. The molecule has 0 aliphatic carbocycles. The van der Waals surface area contributed by atoms with E-state index in [1.54, 1.807) is 32.9 Å². The van der Waals surface area contributed by atoms with Gasteiger partial charge in [-0.05, 0) is 69.3 Å². The number of rotatable bonds is 6. The van der Waals surface area contributed by atoms with Crippen LogP contribution in [-0.4, -0.2) is 30.1 Å². The van der Waals surface area contributed by atoms with Crippen LogP contribution in [0.2, 0.25) is 0 Å². The molecule has 0 aliphatic heterocycles. The Balaban J connectivity index is 1.82. The quantitative estimate of drug-likeness (QED) is 0.587. The zero-order valence-electron chi connectivity index (χ0n) is 17.8. The first kappa shape index (κ1) is 24.7. The molecule has 0 aromatic heterocycles. The van der Waals surface area contributed by atoms with Gasteiger partial charge < -0.3 is 20.7 Å². The van der Waals surface area contributed by atoms with Crippen LogP contribution in [0.15, 0.2) is 48.5 Å². The van der Waals surface area contributed by atoms with Crippen molar-refractivity contribution in [1.29, 1.82) is 0 Å². The summed E-state index contributed by atoms with van der Waals surface area (Å²) in [5, 5.41) is 7.70. The van der Waals surface area contributed by atoms with Gasteiger partial charge >= 0.3 is 12.3 Å². The molecule has 2 aromatic carbocycles. The molecule has 0 fully saturated rings. The maximum atomic E-state index is 12.6. The van der Waals surface area contributed by atoms with Gasteiger partial charge in [-0.1, -0.05) is 0 Å². The van der Waals surface area contributed by atoms with Crippen LogP contribution in [-0.2, 0) is 15.7 Å². The number of hydrogen-bond acceptors (Lipinski definition) is 4. The van der Waals surface area contributed by atoms with E-state index in [0.717, 1.165) is 24.3 Å². The summed E-state index contributed by atoms with van der Waals surface area (Å²) in [4.78, 5) is 35.7. The molecule has 10 heteroatoms. The molecule has 0 aliphatic rings. The fourth-order valence-electron chi connectivity index (χ4n) is 2.47. The van der Waals surface area contributed by atoms with E-state index in [2.05, 4.69) is 16.0 Å². The molecular weight excluding hydrogens is 427 g/mol. The second-order valence-corrected chi connectivity index (χ2v) is 7.83. The van der Waals surface area contributed by atoms with E-state index in [0.29, 0.717) is 11.4 Å². The summed E-state index contributed by atoms with van der Waals surface area (Å²) < 4.78 is 42.9. The molecule has 172 valence electrons. The summed E-state index contributed by atoms with van der Waals surface area (Å²) in [5.74, 6) is -0.897. The van der Waals surface area contributed by atoms with Gasteiger partial charge in [0, 0.05) is 29.9 Å². The molecule has 3 N–H and O–H groups in total. The van der Waals surface area contributed by atoms with E-state index in [9.17, 15) is 27.6 Å². The number of carbonyl (C=O) groups excluding carboxylic acids is 3. The van der Waals surface area contributed by atoms with Gasteiger partial charge in [-0.15, -0.1) is 0 Å². The third-order valence-electron chi connectivity index (χ3n) is 3.92. The minimum Gasteiger partial charge on any atom is -0.444 e. The van der Waals surface area contributed by atoms with Crippen molar-refractivity contribution in [2.24, 2.45) is 0 Å². The lowest BCUT2D eigenvalue weighted by Gasteiger charge is -2.19. The lowest BCUT2D eigenvalue weighted by Crippen LogP contribution is -2.34. The van der Waals surface area contributed by atoms with Gasteiger partial charge in [-0.3, -0.25) is 9.59 Å². The van der Waals surface area contributed by atoms with Crippen molar-refractivity contribution in [3.8, 4) is 0 Å². The summed E-state index contributed by atoms with van der Waals surface area (Å²) in [5.41, 5.74) is -0.515. The van der Waals surface area contributed by atoms with Crippen LogP contribution in [0, 0.1) is 0 Å². The molecule has 0 unspecified atom stereocenters. The van der Waals surface area contributed by atoms with Gasteiger partial charge in [0.1, 0.15) is 5.60 Å². The Morgan fingerprint density at radius 1 is 0.844 bits per heavy atom. The molecule has 0 saturated carbocycles. The van der Waals surface area contributed by atoms with Crippen LogP contribution in [0.4, 0.5) is 29.3 Å². The van der Waals surface area contributed by atoms with Crippen LogP contribution in [0.3, 0.4) is 0 Å². The molecule has 7 nitrogen and oxygen atoms in total. The number of nitrogens with one attached hydrogen (secondary N) is 3. The SMILES string of the molecule is CC(C)(C)OC(=O)NCCC(=O)Nc1ccc(NC(=O)c2ccc(C(F)(F)F)cc2)cc1. The fraction of sp³-hybridized carbons (Fsp3) is 0.318. The fourth-order valence-corrected chi connectivity index (χ4v) is 2.47. The van der Waals surface area contributed by atoms with Crippen molar-refractivity contribution in [3.05, 3.63) is 59.7 Å². The van der Waals surface area contributed by atoms with Gasteiger partial charge in [-0.25, -0.2) is 4.79 Å². The van der Waals surface area contributed by atoms with Crippen LogP contribution in [0.25, 0.3) is 0 Å². The third kappa shape index (κ3) is 8.29. The Morgan fingerprint density at radius 3 is 1.88 bits per heavy atom. The summed E-state index contributed by atoms with van der Waals surface area (Å²) in [6.45, 7) is 5.29. The highest BCUT2D eigenvalue weighted by Gasteiger charge is 2.30. The number of halogens is 3. The number of alkyl halides is 3. The Kier molecular flexibility index (Phi) is 7.85. The van der Waals surface area contributed by atoms with Gasteiger partial charge in [0.25, 0.3) is 5.91 Å². The number of ether oxygens (including phenoxy) is 1. The highest BCUT2D eigenvalue weighted by atomic mass is 19.4. The minimum atomic E-state index is -4.47. The average molecular weight is 451 g/mol. The van der Waals surface area contributed by atoms with Gasteiger partial charge in [0.2, 0.25) is 5.91 Å². The first-order valence-corrected chi connectivity index (χ1v) is 9.69.